The summed E-state index contributed by atoms with van der Waals surface area (Å²) in [6, 6.07) is 22.2. The summed E-state index contributed by atoms with van der Waals surface area (Å²) in [4.78, 5) is 0. The molecule has 0 bridgehead atoms. The lowest BCUT2D eigenvalue weighted by atomic mass is 10.1. The van der Waals surface area contributed by atoms with Crippen molar-refractivity contribution in [3.63, 3.8) is 0 Å². The third-order valence-electron chi connectivity index (χ3n) is 3.15. The summed E-state index contributed by atoms with van der Waals surface area (Å²) < 4.78 is 7.81. The molecule has 0 saturated carbocycles. The van der Waals surface area contributed by atoms with Crippen LogP contribution in [0.2, 0.25) is 0 Å². The van der Waals surface area contributed by atoms with E-state index in [-0.39, 0.29) is 0 Å². The normalized spacial score (nSPS) is 10.2. The minimum Gasteiger partial charge on any atom is -0.457 e. The van der Waals surface area contributed by atoms with E-state index in [1.807, 2.05) is 66.5 Å². The van der Waals surface area contributed by atoms with Crippen LogP contribution in [0.15, 0.2) is 79.1 Å². The van der Waals surface area contributed by atoms with Crippen molar-refractivity contribution < 1.29 is 9.30 Å². The highest BCUT2D eigenvalue weighted by Crippen LogP contribution is 2.25. The first-order valence-electron chi connectivity index (χ1n) is 6.60. The quantitative estimate of drug-likeness (QED) is 0.651. The molecule has 2 nitrogen and oxygen atoms in total. The van der Waals surface area contributed by atoms with Crippen molar-refractivity contribution in [2.75, 3.05) is 0 Å². The van der Waals surface area contributed by atoms with E-state index in [1.54, 1.807) is 0 Å². The van der Waals surface area contributed by atoms with Gasteiger partial charge < -0.3 is 4.74 Å². The summed E-state index contributed by atoms with van der Waals surface area (Å²) in [7, 11) is 2.01. The van der Waals surface area contributed by atoms with E-state index in [0.717, 1.165) is 11.5 Å². The molecule has 0 atom stereocenters. The molecule has 2 aromatic carbocycles. The maximum atomic E-state index is 5.78. The van der Waals surface area contributed by atoms with Crippen LogP contribution in [0.5, 0.6) is 11.5 Å². The van der Waals surface area contributed by atoms with E-state index in [9.17, 15) is 0 Å². The van der Waals surface area contributed by atoms with Gasteiger partial charge in [-0.3, -0.25) is 0 Å². The highest BCUT2D eigenvalue weighted by molar-refractivity contribution is 5.63. The van der Waals surface area contributed by atoms with E-state index < -0.39 is 0 Å². The first kappa shape index (κ1) is 12.4. The molecule has 0 saturated heterocycles. The van der Waals surface area contributed by atoms with Crippen molar-refractivity contribution in [3.8, 4) is 22.6 Å². The topological polar surface area (TPSA) is 13.1 Å². The highest BCUT2D eigenvalue weighted by atomic mass is 16.5. The number of hydrogen-bond acceptors (Lipinski definition) is 1. The van der Waals surface area contributed by atoms with Gasteiger partial charge in [0.1, 0.15) is 18.5 Å². The third-order valence-corrected chi connectivity index (χ3v) is 3.15. The van der Waals surface area contributed by atoms with Gasteiger partial charge in [0.15, 0.2) is 12.4 Å². The summed E-state index contributed by atoms with van der Waals surface area (Å²) in [5, 5.41) is 0. The second kappa shape index (κ2) is 5.57. The van der Waals surface area contributed by atoms with Crippen LogP contribution in [0.3, 0.4) is 0 Å². The van der Waals surface area contributed by atoms with Crippen LogP contribution in [0.4, 0.5) is 0 Å². The average Bonchev–Trinajstić information content (AvgIpc) is 2.50. The van der Waals surface area contributed by atoms with Crippen LogP contribution in [0.25, 0.3) is 11.1 Å². The SMILES string of the molecule is C[n+]1ccc(-c2ccc(Oc3ccccc3)cc2)cc1. The predicted molar refractivity (Wildman–Crippen MR) is 79.6 cm³/mol. The molecule has 0 unspecified atom stereocenters. The Morgan fingerprint density at radius 3 is 1.85 bits per heavy atom. The Labute approximate surface area is 118 Å². The lowest BCUT2D eigenvalue weighted by Gasteiger charge is -2.06. The predicted octanol–water partition coefficient (Wildman–Crippen LogP) is 3.97. The molecule has 2 heteroatoms. The maximum absolute atomic E-state index is 5.78. The molecule has 0 amide bonds. The number of aromatic nitrogens is 1. The molecule has 3 rings (SSSR count). The van der Waals surface area contributed by atoms with Crippen LogP contribution < -0.4 is 9.30 Å². The Balaban J connectivity index is 1.79. The fraction of sp³-hybridized carbons (Fsp3) is 0.0556. The van der Waals surface area contributed by atoms with Gasteiger partial charge in [-0.05, 0) is 35.4 Å². The Hall–Kier alpha value is -2.61. The van der Waals surface area contributed by atoms with E-state index in [4.69, 9.17) is 4.74 Å². The Bertz CT molecular complexity index is 673. The molecule has 0 fully saturated rings. The molecular weight excluding hydrogens is 246 g/mol. The van der Waals surface area contributed by atoms with Gasteiger partial charge in [0, 0.05) is 12.1 Å². The molecule has 0 aliphatic rings. The van der Waals surface area contributed by atoms with Crippen LogP contribution in [-0.4, -0.2) is 0 Å². The smallest absolute Gasteiger partial charge is 0.169 e. The number of hydrogen-bond donors (Lipinski definition) is 0. The number of nitrogens with zero attached hydrogens (tertiary/aromatic N) is 1. The molecule has 98 valence electrons. The summed E-state index contributed by atoms with van der Waals surface area (Å²) in [6.07, 6.45) is 4.09. The molecule has 0 N–H and O–H groups in total. The zero-order valence-corrected chi connectivity index (χ0v) is 11.4. The zero-order valence-electron chi connectivity index (χ0n) is 11.4. The van der Waals surface area contributed by atoms with E-state index in [0.29, 0.717) is 0 Å². The van der Waals surface area contributed by atoms with Gasteiger partial charge in [0.25, 0.3) is 0 Å². The molecule has 0 aliphatic heterocycles. The van der Waals surface area contributed by atoms with E-state index >= 15 is 0 Å². The minimum absolute atomic E-state index is 0.849. The summed E-state index contributed by atoms with van der Waals surface area (Å²) in [6.45, 7) is 0. The fourth-order valence-corrected chi connectivity index (χ4v) is 2.03. The van der Waals surface area contributed by atoms with Gasteiger partial charge in [-0.15, -0.1) is 0 Å². The molecule has 20 heavy (non-hydrogen) atoms. The van der Waals surface area contributed by atoms with Crippen LogP contribution in [0, 0.1) is 0 Å². The van der Waals surface area contributed by atoms with Gasteiger partial charge in [-0.1, -0.05) is 30.3 Å². The summed E-state index contributed by atoms with van der Waals surface area (Å²) >= 11 is 0. The van der Waals surface area contributed by atoms with Gasteiger partial charge >= 0.3 is 0 Å². The van der Waals surface area contributed by atoms with Crippen molar-refractivity contribution >= 4 is 0 Å². The first-order chi connectivity index (χ1) is 9.81. The van der Waals surface area contributed by atoms with Gasteiger partial charge in [0.05, 0.1) is 0 Å². The number of ether oxygens (including phenoxy) is 1. The van der Waals surface area contributed by atoms with E-state index in [2.05, 4.69) is 24.3 Å². The Morgan fingerprint density at radius 2 is 1.20 bits per heavy atom. The van der Waals surface area contributed by atoms with Crippen LogP contribution >= 0.6 is 0 Å². The molecule has 3 aromatic rings. The van der Waals surface area contributed by atoms with Crippen molar-refractivity contribution in [2.24, 2.45) is 7.05 Å². The van der Waals surface area contributed by atoms with Crippen molar-refractivity contribution in [1.82, 2.24) is 0 Å². The number of para-hydroxylation sites is 1. The van der Waals surface area contributed by atoms with Gasteiger partial charge in [-0.25, -0.2) is 4.57 Å². The Morgan fingerprint density at radius 1 is 0.650 bits per heavy atom. The highest BCUT2D eigenvalue weighted by Gasteiger charge is 2.01. The van der Waals surface area contributed by atoms with Gasteiger partial charge in [0.2, 0.25) is 0 Å². The zero-order chi connectivity index (χ0) is 13.8. The number of pyridine rings is 1. The average molecular weight is 262 g/mol. The molecule has 1 aromatic heterocycles. The standard InChI is InChI=1S/C18H16NO/c1-19-13-11-16(12-14-19)15-7-9-18(10-8-15)20-17-5-3-2-4-6-17/h2-14H,1H3/q+1. The van der Waals surface area contributed by atoms with Gasteiger partial charge in [-0.2, -0.15) is 0 Å². The number of aryl methyl sites for hydroxylation is 1. The maximum Gasteiger partial charge on any atom is 0.169 e. The molecular formula is C18H16NO+. The van der Waals surface area contributed by atoms with Crippen LogP contribution in [0.1, 0.15) is 0 Å². The minimum atomic E-state index is 0.849. The molecule has 0 radical (unpaired) electrons. The summed E-state index contributed by atoms with van der Waals surface area (Å²) in [5.41, 5.74) is 2.39. The lowest BCUT2D eigenvalue weighted by molar-refractivity contribution is -0.671. The second-order valence-electron chi connectivity index (χ2n) is 4.69. The largest absolute Gasteiger partial charge is 0.457 e. The second-order valence-corrected chi connectivity index (χ2v) is 4.69. The van der Waals surface area contributed by atoms with Crippen LogP contribution in [-0.2, 0) is 7.05 Å². The summed E-state index contributed by atoms with van der Waals surface area (Å²) in [5.74, 6) is 1.70. The number of rotatable bonds is 3. The van der Waals surface area contributed by atoms with Crippen molar-refractivity contribution in [3.05, 3.63) is 79.1 Å². The van der Waals surface area contributed by atoms with Crippen molar-refractivity contribution in [1.29, 1.82) is 0 Å². The molecule has 1 heterocycles. The molecule has 0 aliphatic carbocycles. The number of benzene rings is 2. The molecule has 0 spiro atoms. The monoisotopic (exact) mass is 262 g/mol. The Kier molecular flexibility index (Phi) is 3.46. The van der Waals surface area contributed by atoms with E-state index in [1.165, 1.54) is 11.1 Å². The lowest BCUT2D eigenvalue weighted by Crippen LogP contribution is -2.25. The van der Waals surface area contributed by atoms with Crippen molar-refractivity contribution in [2.45, 2.75) is 0 Å². The third kappa shape index (κ3) is 2.86. The fourth-order valence-electron chi connectivity index (χ4n) is 2.03. The first-order valence-corrected chi connectivity index (χ1v) is 6.60.